The number of methoxy groups -OCH3 is 1. The lowest BCUT2D eigenvalue weighted by Crippen LogP contribution is -2.53. The first kappa shape index (κ1) is 14.8. The second-order valence-corrected chi connectivity index (χ2v) is 4.96. The summed E-state index contributed by atoms with van der Waals surface area (Å²) in [5, 5.41) is 12.8. The Morgan fingerprint density at radius 1 is 1.28 bits per heavy atom. The van der Waals surface area contributed by atoms with Crippen LogP contribution in [0.15, 0.2) is 24.3 Å². The van der Waals surface area contributed by atoms with Crippen molar-refractivity contribution in [2.75, 3.05) is 20.3 Å². The Morgan fingerprint density at radius 3 is 2.39 bits per heavy atom. The quantitative estimate of drug-likeness (QED) is 0.778. The molecule has 0 fully saturated rings. The molecule has 1 unspecified atom stereocenters. The number of ether oxygens (including phenoxy) is 2. The number of hydrogen-bond acceptors (Lipinski definition) is 4. The van der Waals surface area contributed by atoms with Gasteiger partial charge in [0.25, 0.3) is 0 Å². The maximum Gasteiger partial charge on any atom is 0.161 e. The minimum atomic E-state index is -0.463. The minimum Gasteiger partial charge on any atom is -0.493 e. The molecule has 0 bridgehead atoms. The Kier molecular flexibility index (Phi) is 5.44. The summed E-state index contributed by atoms with van der Waals surface area (Å²) in [6.45, 7) is 6.40. The van der Waals surface area contributed by atoms with Gasteiger partial charge in [0.15, 0.2) is 11.5 Å². The molecule has 4 nitrogen and oxygen atoms in total. The minimum absolute atomic E-state index is 0.0142. The fourth-order valence-corrected chi connectivity index (χ4v) is 1.80. The monoisotopic (exact) mass is 253 g/mol. The predicted molar refractivity (Wildman–Crippen MR) is 72.3 cm³/mol. The number of nitrogens with one attached hydrogen (secondary N) is 1. The molecule has 0 saturated heterocycles. The molecule has 102 valence electrons. The van der Waals surface area contributed by atoms with Crippen molar-refractivity contribution in [3.05, 3.63) is 24.3 Å². The van der Waals surface area contributed by atoms with E-state index < -0.39 is 5.54 Å². The third-order valence-corrected chi connectivity index (χ3v) is 2.60. The molecule has 1 rings (SSSR count). The van der Waals surface area contributed by atoms with E-state index in [1.165, 1.54) is 0 Å². The van der Waals surface area contributed by atoms with Gasteiger partial charge in [-0.3, -0.25) is 0 Å². The average molecular weight is 253 g/mol. The fraction of sp³-hybridized carbons (Fsp3) is 0.571. The zero-order valence-electron chi connectivity index (χ0n) is 11.6. The van der Waals surface area contributed by atoms with Crippen LogP contribution in [0.4, 0.5) is 0 Å². The van der Waals surface area contributed by atoms with Crippen molar-refractivity contribution < 1.29 is 14.6 Å². The molecule has 0 saturated carbocycles. The Labute approximate surface area is 109 Å². The first-order valence-electron chi connectivity index (χ1n) is 6.15. The number of hydrogen-bond donors (Lipinski definition) is 2. The number of para-hydroxylation sites is 2. The standard InChI is InChI=1S/C14H23NO3/c1-11(2)15-14(3,9-16)10-18-13-8-6-5-7-12(13)17-4/h5-8,11,15-16H,9-10H2,1-4H3. The van der Waals surface area contributed by atoms with Crippen molar-refractivity contribution in [2.45, 2.75) is 32.4 Å². The van der Waals surface area contributed by atoms with Crippen molar-refractivity contribution >= 4 is 0 Å². The highest BCUT2D eigenvalue weighted by atomic mass is 16.5. The van der Waals surface area contributed by atoms with Crippen LogP contribution in [0.25, 0.3) is 0 Å². The van der Waals surface area contributed by atoms with Gasteiger partial charge in [-0.15, -0.1) is 0 Å². The summed E-state index contributed by atoms with van der Waals surface area (Å²) in [6, 6.07) is 7.77. The number of benzene rings is 1. The van der Waals surface area contributed by atoms with Gasteiger partial charge < -0.3 is 19.9 Å². The third-order valence-electron chi connectivity index (χ3n) is 2.60. The molecular weight excluding hydrogens is 230 g/mol. The molecule has 2 N–H and O–H groups in total. The molecule has 0 aliphatic rings. The zero-order valence-corrected chi connectivity index (χ0v) is 11.6. The van der Waals surface area contributed by atoms with Gasteiger partial charge in [-0.2, -0.15) is 0 Å². The molecule has 4 heteroatoms. The van der Waals surface area contributed by atoms with Crippen molar-refractivity contribution in [1.82, 2.24) is 5.32 Å². The van der Waals surface area contributed by atoms with Crippen molar-refractivity contribution in [3.63, 3.8) is 0 Å². The van der Waals surface area contributed by atoms with Gasteiger partial charge in [0.1, 0.15) is 6.61 Å². The van der Waals surface area contributed by atoms with Crippen LogP contribution in [0.1, 0.15) is 20.8 Å². The maximum absolute atomic E-state index is 9.46. The number of aliphatic hydroxyl groups is 1. The van der Waals surface area contributed by atoms with Gasteiger partial charge in [0, 0.05) is 6.04 Å². The van der Waals surface area contributed by atoms with E-state index in [0.717, 1.165) is 0 Å². The van der Waals surface area contributed by atoms with E-state index >= 15 is 0 Å². The predicted octanol–water partition coefficient (Wildman–Crippen LogP) is 1.82. The zero-order chi connectivity index (χ0) is 13.6. The van der Waals surface area contributed by atoms with Crippen LogP contribution >= 0.6 is 0 Å². The molecule has 1 atom stereocenters. The molecular formula is C14H23NO3. The molecule has 18 heavy (non-hydrogen) atoms. The second kappa shape index (κ2) is 6.61. The van der Waals surface area contributed by atoms with E-state index in [1.54, 1.807) is 7.11 Å². The second-order valence-electron chi connectivity index (χ2n) is 4.96. The summed E-state index contributed by atoms with van der Waals surface area (Å²) in [6.07, 6.45) is 0. The van der Waals surface area contributed by atoms with E-state index in [9.17, 15) is 5.11 Å². The summed E-state index contributed by atoms with van der Waals surface area (Å²) in [5.41, 5.74) is -0.463. The van der Waals surface area contributed by atoms with Crippen molar-refractivity contribution in [1.29, 1.82) is 0 Å². The molecule has 1 aromatic carbocycles. The normalized spacial score (nSPS) is 14.3. The largest absolute Gasteiger partial charge is 0.493 e. The highest BCUT2D eigenvalue weighted by Crippen LogP contribution is 2.26. The van der Waals surface area contributed by atoms with E-state index in [0.29, 0.717) is 18.1 Å². The van der Waals surface area contributed by atoms with Gasteiger partial charge in [0.2, 0.25) is 0 Å². The van der Waals surface area contributed by atoms with Gasteiger partial charge in [-0.1, -0.05) is 26.0 Å². The van der Waals surface area contributed by atoms with Gasteiger partial charge >= 0.3 is 0 Å². The Morgan fingerprint density at radius 2 is 1.89 bits per heavy atom. The lowest BCUT2D eigenvalue weighted by Gasteiger charge is -2.31. The fourth-order valence-electron chi connectivity index (χ4n) is 1.80. The van der Waals surface area contributed by atoms with Crippen LogP contribution in [0.2, 0.25) is 0 Å². The lowest BCUT2D eigenvalue weighted by atomic mass is 10.0. The molecule has 0 radical (unpaired) electrons. The van der Waals surface area contributed by atoms with Crippen molar-refractivity contribution in [3.8, 4) is 11.5 Å². The Balaban J connectivity index is 2.67. The summed E-state index contributed by atoms with van der Waals surface area (Å²) in [7, 11) is 1.61. The van der Waals surface area contributed by atoms with E-state index in [-0.39, 0.29) is 12.6 Å². The van der Waals surface area contributed by atoms with E-state index in [4.69, 9.17) is 9.47 Å². The Bertz CT molecular complexity index is 368. The molecule has 0 heterocycles. The molecule has 0 spiro atoms. The van der Waals surface area contributed by atoms with Gasteiger partial charge in [-0.05, 0) is 19.1 Å². The Hall–Kier alpha value is -1.26. The first-order valence-corrected chi connectivity index (χ1v) is 6.15. The highest BCUT2D eigenvalue weighted by Gasteiger charge is 2.25. The summed E-state index contributed by atoms with van der Waals surface area (Å²) >= 11 is 0. The van der Waals surface area contributed by atoms with E-state index in [1.807, 2.05) is 45.0 Å². The summed E-state index contributed by atoms with van der Waals surface area (Å²) in [5.74, 6) is 1.38. The van der Waals surface area contributed by atoms with Crippen LogP contribution in [0.3, 0.4) is 0 Å². The third kappa shape index (κ3) is 4.20. The maximum atomic E-state index is 9.46. The van der Waals surface area contributed by atoms with Crippen LogP contribution in [0.5, 0.6) is 11.5 Å². The molecule has 1 aromatic rings. The van der Waals surface area contributed by atoms with Crippen LogP contribution in [-0.4, -0.2) is 37.0 Å². The van der Waals surface area contributed by atoms with Crippen LogP contribution in [0, 0.1) is 0 Å². The first-order chi connectivity index (χ1) is 8.50. The summed E-state index contributed by atoms with van der Waals surface area (Å²) in [4.78, 5) is 0. The smallest absolute Gasteiger partial charge is 0.161 e. The highest BCUT2D eigenvalue weighted by molar-refractivity contribution is 5.39. The van der Waals surface area contributed by atoms with Crippen LogP contribution in [-0.2, 0) is 0 Å². The van der Waals surface area contributed by atoms with Crippen LogP contribution < -0.4 is 14.8 Å². The van der Waals surface area contributed by atoms with Gasteiger partial charge in [-0.25, -0.2) is 0 Å². The molecule has 0 aliphatic carbocycles. The number of rotatable bonds is 7. The molecule has 0 aliphatic heterocycles. The SMILES string of the molecule is COc1ccccc1OCC(C)(CO)NC(C)C. The average Bonchev–Trinajstić information content (AvgIpc) is 2.36. The molecule has 0 aromatic heterocycles. The van der Waals surface area contributed by atoms with Crippen molar-refractivity contribution in [2.24, 2.45) is 0 Å². The lowest BCUT2D eigenvalue weighted by molar-refractivity contribution is 0.107. The summed E-state index contributed by atoms with van der Waals surface area (Å²) < 4.78 is 11.0. The van der Waals surface area contributed by atoms with Gasteiger partial charge in [0.05, 0.1) is 19.3 Å². The topological polar surface area (TPSA) is 50.7 Å². The number of aliphatic hydroxyl groups excluding tert-OH is 1. The van der Waals surface area contributed by atoms with E-state index in [2.05, 4.69) is 5.32 Å². The molecule has 0 amide bonds.